The van der Waals surface area contributed by atoms with Gasteiger partial charge in [0.05, 0.1) is 0 Å². The molecule has 18 heavy (non-hydrogen) atoms. The summed E-state index contributed by atoms with van der Waals surface area (Å²) < 4.78 is 0. The molecule has 0 aliphatic carbocycles. The Hall–Kier alpha value is -1.42. The van der Waals surface area contributed by atoms with Gasteiger partial charge in [-0.25, -0.2) is 0 Å². The first-order valence-corrected chi connectivity index (χ1v) is 6.69. The van der Waals surface area contributed by atoms with E-state index in [1.165, 1.54) is 12.8 Å². The molecule has 2 aliphatic heterocycles. The zero-order valence-corrected chi connectivity index (χ0v) is 10.6. The lowest BCUT2D eigenvalue weighted by molar-refractivity contribution is -0.128. The second-order valence-electron chi connectivity index (χ2n) is 5.45. The average molecular weight is 245 g/mol. The van der Waals surface area contributed by atoms with Crippen molar-refractivity contribution in [3.63, 3.8) is 0 Å². The third-order valence-electron chi connectivity index (χ3n) is 4.01. The van der Waals surface area contributed by atoms with E-state index in [0.717, 1.165) is 25.1 Å². The van der Waals surface area contributed by atoms with E-state index in [1.807, 2.05) is 23.2 Å². The summed E-state index contributed by atoms with van der Waals surface area (Å²) in [5, 5.41) is 3.56. The van der Waals surface area contributed by atoms with Gasteiger partial charge in [-0.2, -0.15) is 0 Å². The number of pyridine rings is 1. The maximum atomic E-state index is 12.1. The highest BCUT2D eigenvalue weighted by atomic mass is 16.2. The SMILES string of the molecule is O=C1C[C@]2(CCCCN2)CN1Cc1cccnc1. The van der Waals surface area contributed by atoms with Crippen molar-refractivity contribution in [2.75, 3.05) is 13.1 Å². The summed E-state index contributed by atoms with van der Waals surface area (Å²) >= 11 is 0. The van der Waals surface area contributed by atoms with Gasteiger partial charge in [-0.15, -0.1) is 0 Å². The molecule has 2 fully saturated rings. The predicted molar refractivity (Wildman–Crippen MR) is 68.9 cm³/mol. The van der Waals surface area contributed by atoms with Crippen LogP contribution >= 0.6 is 0 Å². The van der Waals surface area contributed by atoms with Gasteiger partial charge in [0.1, 0.15) is 0 Å². The molecule has 4 nitrogen and oxygen atoms in total. The van der Waals surface area contributed by atoms with Crippen LogP contribution in [0.25, 0.3) is 0 Å². The van der Waals surface area contributed by atoms with E-state index < -0.39 is 0 Å². The molecule has 3 rings (SSSR count). The van der Waals surface area contributed by atoms with E-state index in [9.17, 15) is 4.79 Å². The summed E-state index contributed by atoms with van der Waals surface area (Å²) in [6.45, 7) is 2.59. The van der Waals surface area contributed by atoms with Gasteiger partial charge in [0.15, 0.2) is 0 Å². The van der Waals surface area contributed by atoms with Crippen LogP contribution in [0, 0.1) is 0 Å². The highest BCUT2D eigenvalue weighted by Gasteiger charge is 2.43. The first-order valence-electron chi connectivity index (χ1n) is 6.69. The minimum absolute atomic E-state index is 0.0531. The van der Waals surface area contributed by atoms with E-state index in [1.54, 1.807) is 6.20 Å². The molecule has 1 spiro atoms. The maximum Gasteiger partial charge on any atom is 0.224 e. The van der Waals surface area contributed by atoms with Gasteiger partial charge >= 0.3 is 0 Å². The molecule has 1 aromatic heterocycles. The zero-order valence-electron chi connectivity index (χ0n) is 10.6. The van der Waals surface area contributed by atoms with Crippen molar-refractivity contribution in [2.24, 2.45) is 0 Å². The van der Waals surface area contributed by atoms with Crippen molar-refractivity contribution in [1.82, 2.24) is 15.2 Å². The Kier molecular flexibility index (Phi) is 3.04. The highest BCUT2D eigenvalue weighted by Crippen LogP contribution is 2.31. The van der Waals surface area contributed by atoms with Crippen LogP contribution in [0.1, 0.15) is 31.2 Å². The number of likely N-dealkylation sites (tertiary alicyclic amines) is 1. The Morgan fingerprint density at radius 1 is 1.44 bits per heavy atom. The topological polar surface area (TPSA) is 45.2 Å². The molecule has 0 unspecified atom stereocenters. The third-order valence-corrected chi connectivity index (χ3v) is 4.01. The second kappa shape index (κ2) is 4.69. The van der Waals surface area contributed by atoms with Crippen LogP contribution in [-0.2, 0) is 11.3 Å². The minimum Gasteiger partial charge on any atom is -0.336 e. The van der Waals surface area contributed by atoms with Crippen LogP contribution in [0.15, 0.2) is 24.5 Å². The lowest BCUT2D eigenvalue weighted by Gasteiger charge is -2.34. The van der Waals surface area contributed by atoms with E-state index >= 15 is 0 Å². The molecule has 96 valence electrons. The Balaban J connectivity index is 1.69. The fourth-order valence-corrected chi connectivity index (χ4v) is 3.08. The predicted octanol–water partition coefficient (Wildman–Crippen LogP) is 1.33. The fraction of sp³-hybridized carbons (Fsp3) is 0.571. The molecule has 2 aliphatic rings. The number of amides is 1. The maximum absolute atomic E-state index is 12.1. The molecule has 3 heterocycles. The van der Waals surface area contributed by atoms with Crippen molar-refractivity contribution in [2.45, 2.75) is 37.8 Å². The fourth-order valence-electron chi connectivity index (χ4n) is 3.08. The van der Waals surface area contributed by atoms with Crippen molar-refractivity contribution >= 4 is 5.91 Å². The summed E-state index contributed by atoms with van der Waals surface area (Å²) in [5.74, 6) is 0.272. The van der Waals surface area contributed by atoms with Crippen molar-refractivity contribution in [3.05, 3.63) is 30.1 Å². The lowest BCUT2D eigenvalue weighted by atomic mass is 9.88. The molecule has 0 radical (unpaired) electrons. The van der Waals surface area contributed by atoms with Crippen molar-refractivity contribution < 1.29 is 4.79 Å². The standard InChI is InChI=1S/C14H19N3O/c18-13-8-14(5-1-2-7-16-14)11-17(13)10-12-4-3-6-15-9-12/h3-4,6,9,16H,1-2,5,7-8,10-11H2/t14-/m1/s1. The molecule has 1 atom stereocenters. The van der Waals surface area contributed by atoms with Gasteiger partial charge in [-0.1, -0.05) is 12.5 Å². The van der Waals surface area contributed by atoms with Crippen molar-refractivity contribution in [1.29, 1.82) is 0 Å². The Morgan fingerprint density at radius 2 is 2.39 bits per heavy atom. The molecule has 1 amide bonds. The molecular formula is C14H19N3O. The molecule has 2 saturated heterocycles. The van der Waals surface area contributed by atoms with Crippen LogP contribution < -0.4 is 5.32 Å². The first kappa shape index (κ1) is 11.7. The van der Waals surface area contributed by atoms with Crippen LogP contribution in [0.5, 0.6) is 0 Å². The van der Waals surface area contributed by atoms with E-state index in [4.69, 9.17) is 0 Å². The number of rotatable bonds is 2. The number of carbonyl (C=O) groups excluding carboxylic acids is 1. The molecule has 0 bridgehead atoms. The third kappa shape index (κ3) is 2.25. The number of hydrogen-bond donors (Lipinski definition) is 1. The number of carbonyl (C=O) groups is 1. The molecule has 0 aromatic carbocycles. The lowest BCUT2D eigenvalue weighted by Crippen LogP contribution is -2.50. The quantitative estimate of drug-likeness (QED) is 0.855. The van der Waals surface area contributed by atoms with Gasteiger partial charge in [0.25, 0.3) is 0 Å². The normalized spacial score (nSPS) is 28.0. The summed E-state index contributed by atoms with van der Waals surface area (Å²) in [4.78, 5) is 18.2. The summed E-state index contributed by atoms with van der Waals surface area (Å²) in [7, 11) is 0. The van der Waals surface area contributed by atoms with Crippen molar-refractivity contribution in [3.8, 4) is 0 Å². The summed E-state index contributed by atoms with van der Waals surface area (Å²) in [6.07, 6.45) is 7.86. The Morgan fingerprint density at radius 3 is 3.11 bits per heavy atom. The molecule has 0 saturated carbocycles. The smallest absolute Gasteiger partial charge is 0.224 e. The Bertz CT molecular complexity index is 426. The minimum atomic E-state index is 0.0531. The highest BCUT2D eigenvalue weighted by molar-refractivity contribution is 5.80. The summed E-state index contributed by atoms with van der Waals surface area (Å²) in [6, 6.07) is 3.95. The molecule has 1 aromatic rings. The number of piperidine rings is 1. The molecule has 1 N–H and O–H groups in total. The van der Waals surface area contributed by atoms with Gasteiger partial charge in [0, 0.05) is 37.4 Å². The number of hydrogen-bond acceptors (Lipinski definition) is 3. The first-order chi connectivity index (χ1) is 8.77. The van der Waals surface area contributed by atoms with Crippen LogP contribution in [0.3, 0.4) is 0 Å². The van der Waals surface area contributed by atoms with Crippen LogP contribution in [0.2, 0.25) is 0 Å². The zero-order chi connectivity index (χ0) is 12.4. The van der Waals surface area contributed by atoms with Crippen LogP contribution in [0.4, 0.5) is 0 Å². The monoisotopic (exact) mass is 245 g/mol. The van der Waals surface area contributed by atoms with E-state index in [2.05, 4.69) is 10.3 Å². The summed E-state index contributed by atoms with van der Waals surface area (Å²) in [5.41, 5.74) is 1.16. The Labute approximate surface area is 107 Å². The second-order valence-corrected chi connectivity index (χ2v) is 5.45. The van der Waals surface area contributed by atoms with E-state index in [-0.39, 0.29) is 11.4 Å². The van der Waals surface area contributed by atoms with Gasteiger partial charge in [-0.05, 0) is 31.0 Å². The van der Waals surface area contributed by atoms with Gasteiger partial charge in [-0.3, -0.25) is 9.78 Å². The number of nitrogens with one attached hydrogen (secondary N) is 1. The van der Waals surface area contributed by atoms with Gasteiger partial charge in [0.2, 0.25) is 5.91 Å². The molecule has 4 heteroatoms. The van der Waals surface area contributed by atoms with Crippen LogP contribution in [-0.4, -0.2) is 34.4 Å². The largest absolute Gasteiger partial charge is 0.336 e. The number of aromatic nitrogens is 1. The van der Waals surface area contributed by atoms with Gasteiger partial charge < -0.3 is 10.2 Å². The molecular weight excluding hydrogens is 226 g/mol. The van der Waals surface area contributed by atoms with E-state index in [0.29, 0.717) is 13.0 Å². The number of nitrogens with zero attached hydrogens (tertiary/aromatic N) is 2. The average Bonchev–Trinajstić information content (AvgIpc) is 2.68.